The first-order valence-electron chi connectivity index (χ1n) is 10.8. The van der Waals surface area contributed by atoms with Crippen molar-refractivity contribution in [2.45, 2.75) is 65.8 Å². The van der Waals surface area contributed by atoms with Gasteiger partial charge in [-0.1, -0.05) is 58.7 Å². The average molecular weight is 418 g/mol. The summed E-state index contributed by atoms with van der Waals surface area (Å²) in [5.41, 5.74) is 1.54. The molecule has 0 bridgehead atoms. The standard InChI is InChI=1S/C23H35N3O4/c1-5-6-10-18(15-25(30)16-27)21(28)24-20(23(2,3)4)22(29)26-14-9-12-17-11-7-8-13-19(17)26/h7-8,11,13,16,18,20,30H,5-6,9-10,12,14-15H2,1-4H3,(H,24,28)/t18-,20-/m1/s1. The number of rotatable bonds is 9. The van der Waals surface area contributed by atoms with Crippen molar-refractivity contribution in [2.24, 2.45) is 11.3 Å². The fraction of sp³-hybridized carbons (Fsp3) is 0.609. The molecule has 7 heteroatoms. The lowest BCUT2D eigenvalue weighted by Crippen LogP contribution is -2.57. The van der Waals surface area contributed by atoms with Crippen LogP contribution in [0.25, 0.3) is 0 Å². The largest absolute Gasteiger partial charge is 0.343 e. The normalized spacial score (nSPS) is 15.7. The highest BCUT2D eigenvalue weighted by atomic mass is 16.5. The molecule has 1 heterocycles. The minimum atomic E-state index is -0.719. The summed E-state index contributed by atoms with van der Waals surface area (Å²) in [5.74, 6) is -1.03. The van der Waals surface area contributed by atoms with Crippen LogP contribution in [-0.2, 0) is 20.8 Å². The molecule has 2 N–H and O–H groups in total. The van der Waals surface area contributed by atoms with Crippen LogP contribution in [0.5, 0.6) is 0 Å². The molecule has 0 saturated heterocycles. The maximum Gasteiger partial charge on any atom is 0.250 e. The lowest BCUT2D eigenvalue weighted by atomic mass is 9.84. The third-order valence-electron chi connectivity index (χ3n) is 5.58. The van der Waals surface area contributed by atoms with E-state index in [1.807, 2.05) is 52.0 Å². The molecule has 0 aliphatic carbocycles. The van der Waals surface area contributed by atoms with Gasteiger partial charge >= 0.3 is 0 Å². The number of aryl methyl sites for hydroxylation is 1. The Morgan fingerprint density at radius 3 is 2.63 bits per heavy atom. The summed E-state index contributed by atoms with van der Waals surface area (Å²) in [4.78, 5) is 39.2. The Morgan fingerprint density at radius 1 is 1.30 bits per heavy atom. The molecule has 1 aromatic rings. The van der Waals surface area contributed by atoms with Crippen LogP contribution < -0.4 is 10.2 Å². The van der Waals surface area contributed by atoms with Crippen LogP contribution in [0.1, 0.15) is 58.9 Å². The zero-order valence-corrected chi connectivity index (χ0v) is 18.6. The Morgan fingerprint density at radius 2 is 2.00 bits per heavy atom. The second kappa shape index (κ2) is 10.6. The minimum absolute atomic E-state index is 0.0903. The molecule has 0 fully saturated rings. The molecule has 1 aromatic carbocycles. The highest BCUT2D eigenvalue weighted by Crippen LogP contribution is 2.30. The van der Waals surface area contributed by atoms with Crippen LogP contribution in [0, 0.1) is 11.3 Å². The van der Waals surface area contributed by atoms with Gasteiger partial charge in [-0.2, -0.15) is 0 Å². The summed E-state index contributed by atoms with van der Waals surface area (Å²) in [6.45, 7) is 8.32. The molecule has 0 unspecified atom stereocenters. The summed E-state index contributed by atoms with van der Waals surface area (Å²) in [5, 5.41) is 13.0. The van der Waals surface area contributed by atoms with Gasteiger partial charge in [0.1, 0.15) is 6.04 Å². The number of para-hydroxylation sites is 1. The fourth-order valence-electron chi connectivity index (χ4n) is 3.85. The molecule has 3 amide bonds. The van der Waals surface area contributed by atoms with Crippen molar-refractivity contribution in [2.75, 3.05) is 18.0 Å². The number of nitrogens with zero attached hydrogens (tertiary/aromatic N) is 2. The van der Waals surface area contributed by atoms with Gasteiger partial charge in [0.25, 0.3) is 0 Å². The Bertz CT molecular complexity index is 744. The second-order valence-electron chi connectivity index (χ2n) is 9.10. The van der Waals surface area contributed by atoms with E-state index in [1.54, 1.807) is 4.90 Å². The molecule has 30 heavy (non-hydrogen) atoms. The summed E-state index contributed by atoms with van der Waals surface area (Å²) >= 11 is 0. The Hall–Kier alpha value is -2.41. The van der Waals surface area contributed by atoms with Crippen molar-refractivity contribution in [3.8, 4) is 0 Å². The van der Waals surface area contributed by atoms with E-state index in [0.717, 1.165) is 36.9 Å². The minimum Gasteiger partial charge on any atom is -0.343 e. The van der Waals surface area contributed by atoms with E-state index in [0.29, 0.717) is 24.4 Å². The number of hydroxylamine groups is 2. The molecular weight excluding hydrogens is 382 g/mol. The first kappa shape index (κ1) is 23.9. The predicted octanol–water partition coefficient (Wildman–Crippen LogP) is 3.15. The van der Waals surface area contributed by atoms with Gasteiger partial charge in [-0.05, 0) is 36.3 Å². The number of hydrogen-bond acceptors (Lipinski definition) is 4. The van der Waals surface area contributed by atoms with Gasteiger partial charge in [0.05, 0.1) is 12.5 Å². The Kier molecular flexibility index (Phi) is 8.41. The summed E-state index contributed by atoms with van der Waals surface area (Å²) in [7, 11) is 0. The SMILES string of the molecule is CCCC[C@H](CN(O)C=O)C(=O)N[C@H](C(=O)N1CCCc2ccccc21)C(C)(C)C. The van der Waals surface area contributed by atoms with Gasteiger partial charge < -0.3 is 10.2 Å². The molecule has 0 saturated carbocycles. The van der Waals surface area contributed by atoms with E-state index >= 15 is 0 Å². The van der Waals surface area contributed by atoms with Gasteiger partial charge in [0, 0.05) is 12.2 Å². The molecule has 1 aliphatic heterocycles. The van der Waals surface area contributed by atoms with Crippen LogP contribution >= 0.6 is 0 Å². The Labute approximate surface area is 179 Å². The third-order valence-corrected chi connectivity index (χ3v) is 5.58. The van der Waals surface area contributed by atoms with Crippen LogP contribution in [0.15, 0.2) is 24.3 Å². The quantitative estimate of drug-likeness (QED) is 0.367. The maximum atomic E-state index is 13.6. The smallest absolute Gasteiger partial charge is 0.250 e. The van der Waals surface area contributed by atoms with Crippen LogP contribution in [0.2, 0.25) is 0 Å². The van der Waals surface area contributed by atoms with Crippen molar-refractivity contribution in [1.29, 1.82) is 0 Å². The predicted molar refractivity (Wildman–Crippen MR) is 116 cm³/mol. The lowest BCUT2D eigenvalue weighted by Gasteiger charge is -2.38. The van der Waals surface area contributed by atoms with E-state index in [9.17, 15) is 19.6 Å². The van der Waals surface area contributed by atoms with Gasteiger partial charge in [-0.3, -0.25) is 19.6 Å². The summed E-state index contributed by atoms with van der Waals surface area (Å²) in [6, 6.07) is 7.16. The number of unbranched alkanes of at least 4 members (excludes halogenated alkanes) is 1. The van der Waals surface area contributed by atoms with E-state index in [1.165, 1.54) is 0 Å². The number of carbonyl (C=O) groups is 3. The van der Waals surface area contributed by atoms with Crippen LogP contribution in [0.4, 0.5) is 5.69 Å². The number of nitrogens with one attached hydrogen (secondary N) is 1. The fourth-order valence-corrected chi connectivity index (χ4v) is 3.85. The molecule has 166 valence electrons. The molecule has 1 aliphatic rings. The van der Waals surface area contributed by atoms with Crippen molar-refractivity contribution >= 4 is 23.9 Å². The van der Waals surface area contributed by atoms with E-state index in [2.05, 4.69) is 5.32 Å². The second-order valence-corrected chi connectivity index (χ2v) is 9.10. The number of fused-ring (bicyclic) bond motifs is 1. The average Bonchev–Trinajstić information content (AvgIpc) is 2.72. The van der Waals surface area contributed by atoms with Crippen LogP contribution in [-0.4, -0.2) is 47.6 Å². The maximum absolute atomic E-state index is 13.6. The topological polar surface area (TPSA) is 90.0 Å². The molecular formula is C23H35N3O4. The highest BCUT2D eigenvalue weighted by molar-refractivity contribution is 6.00. The van der Waals surface area contributed by atoms with Gasteiger partial charge in [0.2, 0.25) is 18.2 Å². The van der Waals surface area contributed by atoms with Crippen molar-refractivity contribution in [3.63, 3.8) is 0 Å². The molecule has 7 nitrogen and oxygen atoms in total. The molecule has 0 radical (unpaired) electrons. The highest BCUT2D eigenvalue weighted by Gasteiger charge is 2.38. The van der Waals surface area contributed by atoms with E-state index in [4.69, 9.17) is 0 Å². The van der Waals surface area contributed by atoms with Crippen molar-refractivity contribution < 1.29 is 19.6 Å². The lowest BCUT2D eigenvalue weighted by molar-refractivity contribution is -0.155. The zero-order chi connectivity index (χ0) is 22.3. The first-order valence-corrected chi connectivity index (χ1v) is 10.8. The number of anilines is 1. The van der Waals surface area contributed by atoms with Gasteiger partial charge in [-0.25, -0.2) is 5.06 Å². The monoisotopic (exact) mass is 417 g/mol. The van der Waals surface area contributed by atoms with E-state index < -0.39 is 17.4 Å². The van der Waals surface area contributed by atoms with E-state index in [-0.39, 0.29) is 18.4 Å². The number of carbonyl (C=O) groups excluding carboxylic acids is 3. The number of benzene rings is 1. The van der Waals surface area contributed by atoms with Crippen LogP contribution in [0.3, 0.4) is 0 Å². The summed E-state index contributed by atoms with van der Waals surface area (Å²) < 4.78 is 0. The van der Waals surface area contributed by atoms with Gasteiger partial charge in [-0.15, -0.1) is 0 Å². The van der Waals surface area contributed by atoms with Crippen molar-refractivity contribution in [1.82, 2.24) is 10.4 Å². The zero-order valence-electron chi connectivity index (χ0n) is 18.6. The number of hydrogen-bond donors (Lipinski definition) is 2. The first-order chi connectivity index (χ1) is 14.2. The molecule has 0 spiro atoms. The molecule has 2 rings (SSSR count). The molecule has 2 atom stereocenters. The molecule has 0 aromatic heterocycles. The Balaban J connectivity index is 2.24. The van der Waals surface area contributed by atoms with Gasteiger partial charge in [0.15, 0.2) is 0 Å². The number of amides is 3. The summed E-state index contributed by atoms with van der Waals surface area (Å²) in [6.07, 6.45) is 4.32. The van der Waals surface area contributed by atoms with Crippen molar-refractivity contribution in [3.05, 3.63) is 29.8 Å². The third kappa shape index (κ3) is 6.05.